The molecule has 1 atom stereocenters. The van der Waals surface area contributed by atoms with Gasteiger partial charge in [0.2, 0.25) is 0 Å². The van der Waals surface area contributed by atoms with Gasteiger partial charge in [0.1, 0.15) is 0 Å². The summed E-state index contributed by atoms with van der Waals surface area (Å²) in [6.07, 6.45) is 1.79. The zero-order valence-corrected chi connectivity index (χ0v) is 9.07. The number of hydrazine groups is 1. The van der Waals surface area contributed by atoms with Crippen LogP contribution in [0.3, 0.4) is 0 Å². The summed E-state index contributed by atoms with van der Waals surface area (Å²) in [6.45, 7) is 4.33. The Morgan fingerprint density at radius 3 is 2.57 bits per heavy atom. The highest BCUT2D eigenvalue weighted by Gasteiger charge is 2.30. The van der Waals surface area contributed by atoms with E-state index in [2.05, 4.69) is 48.2 Å². The van der Waals surface area contributed by atoms with Crippen LogP contribution in [0.15, 0.2) is 18.0 Å². The lowest BCUT2D eigenvalue weighted by Gasteiger charge is -2.26. The molecule has 2 heterocycles. The van der Waals surface area contributed by atoms with Crippen LogP contribution in [0.4, 0.5) is 0 Å². The molecule has 1 aliphatic rings. The molecule has 76 valence electrons. The van der Waals surface area contributed by atoms with Crippen LogP contribution in [0.5, 0.6) is 0 Å². The van der Waals surface area contributed by atoms with Crippen molar-refractivity contribution in [3.63, 3.8) is 0 Å². The third kappa shape index (κ3) is 1.14. The average molecular weight is 192 g/mol. The largest absolute Gasteiger partial charge is 0.313 e. The van der Waals surface area contributed by atoms with Gasteiger partial charge in [-0.3, -0.25) is 5.10 Å². The molecule has 0 radical (unpaired) electrons. The molecule has 0 amide bonds. The first-order valence-corrected chi connectivity index (χ1v) is 4.80. The lowest BCUT2D eigenvalue weighted by Crippen LogP contribution is -2.34. The molecular weight excluding hydrogens is 176 g/mol. The number of aromatic amines is 1. The summed E-state index contributed by atoms with van der Waals surface area (Å²) in [6, 6.07) is 2.42. The Hall–Kier alpha value is -1.29. The van der Waals surface area contributed by atoms with Crippen molar-refractivity contribution >= 4 is 5.57 Å². The summed E-state index contributed by atoms with van der Waals surface area (Å²) in [5.74, 6) is 0. The Balaban J connectivity index is 2.44. The van der Waals surface area contributed by atoms with Crippen molar-refractivity contribution in [2.75, 3.05) is 14.1 Å². The zero-order valence-electron chi connectivity index (χ0n) is 9.07. The maximum absolute atomic E-state index is 3.99. The van der Waals surface area contributed by atoms with Crippen molar-refractivity contribution in [3.05, 3.63) is 23.7 Å². The van der Waals surface area contributed by atoms with Crippen molar-refractivity contribution in [3.8, 4) is 0 Å². The van der Waals surface area contributed by atoms with E-state index in [-0.39, 0.29) is 0 Å². The van der Waals surface area contributed by atoms with Crippen LogP contribution >= 0.6 is 0 Å². The second-order valence-electron chi connectivity index (χ2n) is 3.74. The lowest BCUT2D eigenvalue weighted by atomic mass is 10.1. The summed E-state index contributed by atoms with van der Waals surface area (Å²) >= 11 is 0. The summed E-state index contributed by atoms with van der Waals surface area (Å²) in [5, 5.41) is 11.4. The maximum Gasteiger partial charge on any atom is 0.0644 e. The maximum atomic E-state index is 3.99. The second-order valence-corrected chi connectivity index (χ2v) is 3.74. The molecule has 4 nitrogen and oxygen atoms in total. The van der Waals surface area contributed by atoms with Crippen LogP contribution in [0, 0.1) is 0 Å². The Labute approximate surface area is 84.2 Å². The molecule has 1 unspecified atom stereocenters. The Kier molecular flexibility index (Phi) is 2.07. The van der Waals surface area contributed by atoms with E-state index >= 15 is 0 Å². The van der Waals surface area contributed by atoms with Gasteiger partial charge in [-0.1, -0.05) is 0 Å². The first-order chi connectivity index (χ1) is 6.63. The summed E-state index contributed by atoms with van der Waals surface area (Å²) < 4.78 is 0. The lowest BCUT2D eigenvalue weighted by molar-refractivity contribution is 0.0704. The van der Waals surface area contributed by atoms with E-state index in [4.69, 9.17) is 0 Å². The van der Waals surface area contributed by atoms with Crippen molar-refractivity contribution < 1.29 is 0 Å². The molecule has 0 fully saturated rings. The van der Waals surface area contributed by atoms with Gasteiger partial charge in [-0.25, -0.2) is 5.01 Å². The van der Waals surface area contributed by atoms with Gasteiger partial charge in [0, 0.05) is 31.6 Å². The number of aromatic nitrogens is 2. The fourth-order valence-corrected chi connectivity index (χ4v) is 1.99. The topological polar surface area (TPSA) is 35.2 Å². The highest BCUT2D eigenvalue weighted by atomic mass is 15.6. The van der Waals surface area contributed by atoms with Crippen molar-refractivity contribution in [1.82, 2.24) is 20.2 Å². The Morgan fingerprint density at radius 2 is 2.14 bits per heavy atom. The van der Waals surface area contributed by atoms with Crippen molar-refractivity contribution in [2.24, 2.45) is 0 Å². The Bertz CT molecular complexity index is 352. The molecule has 0 bridgehead atoms. The van der Waals surface area contributed by atoms with Crippen LogP contribution in [0.25, 0.3) is 5.57 Å². The van der Waals surface area contributed by atoms with Crippen LogP contribution in [0.2, 0.25) is 0 Å². The van der Waals surface area contributed by atoms with E-state index in [1.165, 1.54) is 11.3 Å². The highest BCUT2D eigenvalue weighted by Crippen LogP contribution is 2.32. The van der Waals surface area contributed by atoms with Gasteiger partial charge < -0.3 is 5.01 Å². The molecule has 4 heteroatoms. The van der Waals surface area contributed by atoms with Gasteiger partial charge in [0.25, 0.3) is 0 Å². The number of nitrogens with zero attached hydrogens (tertiary/aromatic N) is 3. The third-order valence-electron chi connectivity index (χ3n) is 3.12. The van der Waals surface area contributed by atoms with Gasteiger partial charge in [-0.2, -0.15) is 5.10 Å². The van der Waals surface area contributed by atoms with E-state index in [9.17, 15) is 0 Å². The molecule has 1 aliphatic heterocycles. The molecule has 14 heavy (non-hydrogen) atoms. The first-order valence-electron chi connectivity index (χ1n) is 4.80. The summed E-state index contributed by atoms with van der Waals surface area (Å²) in [7, 11) is 4.17. The molecule has 0 saturated heterocycles. The van der Waals surface area contributed by atoms with E-state index in [1.54, 1.807) is 6.20 Å². The fourth-order valence-electron chi connectivity index (χ4n) is 1.99. The number of nitrogens with one attached hydrogen (secondary N) is 1. The fraction of sp³-hybridized carbons (Fsp3) is 0.500. The van der Waals surface area contributed by atoms with Crippen molar-refractivity contribution in [2.45, 2.75) is 19.9 Å². The number of likely N-dealkylation sites (N-methyl/N-ethyl adjacent to an activating group) is 1. The average Bonchev–Trinajstić information content (AvgIpc) is 2.73. The minimum Gasteiger partial charge on any atom is -0.313 e. The first kappa shape index (κ1) is 9.27. The molecule has 0 spiro atoms. The van der Waals surface area contributed by atoms with Crippen LogP contribution < -0.4 is 0 Å². The molecular formula is C10H16N4. The van der Waals surface area contributed by atoms with E-state index in [0.29, 0.717) is 6.04 Å². The Morgan fingerprint density at radius 1 is 1.43 bits per heavy atom. The molecule has 1 N–H and O–H groups in total. The minimum absolute atomic E-state index is 0.403. The molecule has 1 aromatic heterocycles. The van der Waals surface area contributed by atoms with Crippen LogP contribution in [-0.2, 0) is 0 Å². The number of rotatable bonds is 1. The normalized spacial score (nSPS) is 23.7. The molecule has 0 aliphatic carbocycles. The quantitative estimate of drug-likeness (QED) is 0.729. The summed E-state index contributed by atoms with van der Waals surface area (Å²) in [5.41, 5.74) is 3.72. The standard InChI is InChI=1S/C10H16N4/c1-7-10(9-5-6-11-12-9)8(2)14(4)13(7)3/h5-7H,1-4H3,(H,11,12). The van der Waals surface area contributed by atoms with E-state index in [1.807, 2.05) is 6.07 Å². The number of H-pyrrole nitrogens is 1. The van der Waals surface area contributed by atoms with E-state index < -0.39 is 0 Å². The number of allylic oxidation sites excluding steroid dienone is 1. The molecule has 0 saturated carbocycles. The SMILES string of the molecule is CC1=C(c2ccn[nH]2)C(C)N(C)N1C. The van der Waals surface area contributed by atoms with Gasteiger partial charge in [0.05, 0.1) is 11.7 Å². The van der Waals surface area contributed by atoms with Crippen LogP contribution in [0.1, 0.15) is 19.5 Å². The van der Waals surface area contributed by atoms with Gasteiger partial charge in [-0.05, 0) is 19.9 Å². The molecule has 2 rings (SSSR count). The monoisotopic (exact) mass is 192 g/mol. The summed E-state index contributed by atoms with van der Waals surface area (Å²) in [4.78, 5) is 0. The van der Waals surface area contributed by atoms with Crippen molar-refractivity contribution in [1.29, 1.82) is 0 Å². The minimum atomic E-state index is 0.403. The molecule has 1 aromatic rings. The third-order valence-corrected chi connectivity index (χ3v) is 3.12. The van der Waals surface area contributed by atoms with Gasteiger partial charge in [-0.15, -0.1) is 0 Å². The molecule has 0 aromatic carbocycles. The smallest absolute Gasteiger partial charge is 0.0644 e. The predicted octanol–water partition coefficient (Wildman–Crippen LogP) is 1.32. The van der Waals surface area contributed by atoms with Crippen LogP contribution in [-0.4, -0.2) is 40.4 Å². The number of hydrogen-bond acceptors (Lipinski definition) is 3. The second kappa shape index (κ2) is 3.13. The van der Waals surface area contributed by atoms with E-state index in [0.717, 1.165) is 5.69 Å². The highest BCUT2D eigenvalue weighted by molar-refractivity contribution is 5.70. The predicted molar refractivity (Wildman–Crippen MR) is 56.2 cm³/mol. The van der Waals surface area contributed by atoms with Gasteiger partial charge >= 0.3 is 0 Å². The zero-order chi connectivity index (χ0) is 10.3. The van der Waals surface area contributed by atoms with Gasteiger partial charge in [0.15, 0.2) is 0 Å². The number of hydrogen-bond donors (Lipinski definition) is 1.